The summed E-state index contributed by atoms with van der Waals surface area (Å²) in [5.41, 5.74) is 0.162. The normalized spacial score (nSPS) is 11.4. The molecule has 18 heavy (non-hydrogen) atoms. The van der Waals surface area contributed by atoms with E-state index in [4.69, 9.17) is 5.14 Å². The Morgan fingerprint density at radius 2 is 2.11 bits per heavy atom. The number of hydrogen-bond donors (Lipinski definition) is 2. The van der Waals surface area contributed by atoms with E-state index in [1.54, 1.807) is 0 Å². The predicted octanol–water partition coefficient (Wildman–Crippen LogP) is 0.161. The number of carbonyl (C=O) groups excluding carboxylic acids is 1. The SMILES string of the molecule is COC(=O)/C=C/c1cc(O)ccc1OS(N)(=O)=O. The fourth-order valence-electron chi connectivity index (χ4n) is 1.09. The summed E-state index contributed by atoms with van der Waals surface area (Å²) < 4.78 is 30.5. The first kappa shape index (κ1) is 14.0. The van der Waals surface area contributed by atoms with E-state index < -0.39 is 16.3 Å². The van der Waals surface area contributed by atoms with Crippen molar-refractivity contribution >= 4 is 22.3 Å². The van der Waals surface area contributed by atoms with Gasteiger partial charge in [-0.1, -0.05) is 0 Å². The molecule has 1 aromatic carbocycles. The lowest BCUT2D eigenvalue weighted by Gasteiger charge is -2.06. The number of nitrogens with two attached hydrogens (primary N) is 1. The molecule has 0 fully saturated rings. The smallest absolute Gasteiger partial charge is 0.380 e. The van der Waals surface area contributed by atoms with Crippen molar-refractivity contribution in [3.63, 3.8) is 0 Å². The molecule has 0 atom stereocenters. The molecule has 8 heteroatoms. The van der Waals surface area contributed by atoms with E-state index in [0.717, 1.165) is 6.08 Å². The third-order valence-corrected chi connectivity index (χ3v) is 2.21. The molecule has 0 aliphatic carbocycles. The van der Waals surface area contributed by atoms with Gasteiger partial charge in [0, 0.05) is 11.6 Å². The number of carbonyl (C=O) groups is 1. The van der Waals surface area contributed by atoms with E-state index in [1.165, 1.54) is 31.4 Å². The minimum absolute atomic E-state index is 0.115. The zero-order chi connectivity index (χ0) is 13.8. The van der Waals surface area contributed by atoms with E-state index in [2.05, 4.69) is 8.92 Å². The molecule has 7 nitrogen and oxygen atoms in total. The number of methoxy groups -OCH3 is 1. The predicted molar refractivity (Wildman–Crippen MR) is 62.9 cm³/mol. The van der Waals surface area contributed by atoms with E-state index in [9.17, 15) is 18.3 Å². The van der Waals surface area contributed by atoms with Crippen molar-refractivity contribution in [2.45, 2.75) is 0 Å². The number of esters is 1. The van der Waals surface area contributed by atoms with Gasteiger partial charge in [-0.05, 0) is 24.3 Å². The molecule has 0 saturated carbocycles. The van der Waals surface area contributed by atoms with Crippen LogP contribution in [0.4, 0.5) is 0 Å². The third kappa shape index (κ3) is 4.44. The Morgan fingerprint density at radius 1 is 1.44 bits per heavy atom. The first-order chi connectivity index (χ1) is 8.31. The van der Waals surface area contributed by atoms with Gasteiger partial charge in [-0.3, -0.25) is 0 Å². The number of benzene rings is 1. The van der Waals surface area contributed by atoms with Gasteiger partial charge in [0.1, 0.15) is 5.75 Å². The molecule has 0 bridgehead atoms. The van der Waals surface area contributed by atoms with Crippen molar-refractivity contribution in [2.24, 2.45) is 5.14 Å². The average molecular weight is 273 g/mol. The van der Waals surface area contributed by atoms with Crippen LogP contribution in [0.2, 0.25) is 0 Å². The lowest BCUT2D eigenvalue weighted by Crippen LogP contribution is -2.19. The summed E-state index contributed by atoms with van der Waals surface area (Å²) in [4.78, 5) is 10.9. The van der Waals surface area contributed by atoms with E-state index in [-0.39, 0.29) is 17.1 Å². The monoisotopic (exact) mass is 273 g/mol. The van der Waals surface area contributed by atoms with Crippen LogP contribution in [-0.4, -0.2) is 26.6 Å². The average Bonchev–Trinajstić information content (AvgIpc) is 2.27. The molecule has 0 saturated heterocycles. The summed E-state index contributed by atoms with van der Waals surface area (Å²) in [5.74, 6) is -0.878. The molecule has 0 unspecified atom stereocenters. The Kier molecular flexibility index (Phi) is 4.29. The van der Waals surface area contributed by atoms with Crippen molar-refractivity contribution in [3.8, 4) is 11.5 Å². The highest BCUT2D eigenvalue weighted by atomic mass is 32.2. The Morgan fingerprint density at radius 3 is 2.67 bits per heavy atom. The summed E-state index contributed by atoms with van der Waals surface area (Å²) in [6, 6.07) is 3.63. The zero-order valence-electron chi connectivity index (χ0n) is 9.36. The van der Waals surface area contributed by atoms with Crippen LogP contribution in [0.5, 0.6) is 11.5 Å². The van der Waals surface area contributed by atoms with E-state index in [0.29, 0.717) is 0 Å². The second kappa shape index (κ2) is 5.52. The summed E-state index contributed by atoms with van der Waals surface area (Å²) in [6.45, 7) is 0. The summed E-state index contributed by atoms with van der Waals surface area (Å²) in [7, 11) is -3.00. The van der Waals surface area contributed by atoms with Crippen LogP contribution in [0, 0.1) is 0 Å². The molecule has 98 valence electrons. The Bertz CT molecular complexity index is 578. The van der Waals surface area contributed by atoms with Crippen LogP contribution in [0.25, 0.3) is 6.08 Å². The first-order valence-corrected chi connectivity index (χ1v) is 6.10. The van der Waals surface area contributed by atoms with Gasteiger partial charge in [0.15, 0.2) is 5.75 Å². The summed E-state index contributed by atoms with van der Waals surface area (Å²) in [5, 5.41) is 14.0. The van der Waals surface area contributed by atoms with E-state index >= 15 is 0 Å². The summed E-state index contributed by atoms with van der Waals surface area (Å²) >= 11 is 0. The van der Waals surface area contributed by atoms with Gasteiger partial charge in [-0.2, -0.15) is 13.6 Å². The van der Waals surface area contributed by atoms with Gasteiger partial charge in [-0.25, -0.2) is 4.79 Å². The number of phenols is 1. The van der Waals surface area contributed by atoms with Crippen LogP contribution in [0.1, 0.15) is 5.56 Å². The number of rotatable bonds is 4. The van der Waals surface area contributed by atoms with Gasteiger partial charge in [-0.15, -0.1) is 0 Å². The molecule has 0 heterocycles. The van der Waals surface area contributed by atoms with Gasteiger partial charge in [0.05, 0.1) is 7.11 Å². The van der Waals surface area contributed by atoms with Gasteiger partial charge in [0.25, 0.3) is 0 Å². The van der Waals surface area contributed by atoms with E-state index in [1.807, 2.05) is 0 Å². The molecule has 0 radical (unpaired) electrons. The Balaban J connectivity index is 3.12. The lowest BCUT2D eigenvalue weighted by atomic mass is 10.2. The van der Waals surface area contributed by atoms with Gasteiger partial charge >= 0.3 is 16.3 Å². The number of phenolic OH excluding ortho intramolecular Hbond substituents is 1. The largest absolute Gasteiger partial charge is 0.508 e. The fraction of sp³-hybridized carbons (Fsp3) is 0.100. The second-order valence-electron chi connectivity index (χ2n) is 3.15. The maximum Gasteiger partial charge on any atom is 0.380 e. The minimum atomic E-state index is -4.19. The van der Waals surface area contributed by atoms with Crippen LogP contribution in [0.3, 0.4) is 0 Å². The molecule has 0 aromatic heterocycles. The van der Waals surface area contributed by atoms with Crippen LogP contribution < -0.4 is 9.32 Å². The summed E-state index contributed by atoms with van der Waals surface area (Å²) in [6.07, 6.45) is 2.27. The van der Waals surface area contributed by atoms with Crippen LogP contribution >= 0.6 is 0 Å². The van der Waals surface area contributed by atoms with Crippen molar-refractivity contribution in [3.05, 3.63) is 29.8 Å². The van der Waals surface area contributed by atoms with Crippen molar-refractivity contribution < 1.29 is 27.2 Å². The number of hydrogen-bond acceptors (Lipinski definition) is 6. The van der Waals surface area contributed by atoms with Crippen molar-refractivity contribution in [2.75, 3.05) is 7.11 Å². The number of ether oxygens (including phenoxy) is 1. The highest BCUT2D eigenvalue weighted by Gasteiger charge is 2.09. The quantitative estimate of drug-likeness (QED) is 0.596. The zero-order valence-corrected chi connectivity index (χ0v) is 10.2. The molecule has 0 aliphatic heterocycles. The Labute approximate surface area is 104 Å². The highest BCUT2D eigenvalue weighted by Crippen LogP contribution is 2.25. The molecule has 0 spiro atoms. The maximum atomic E-state index is 10.9. The minimum Gasteiger partial charge on any atom is -0.508 e. The second-order valence-corrected chi connectivity index (χ2v) is 4.31. The molecular formula is C10H11NO6S. The van der Waals surface area contributed by atoms with Crippen LogP contribution in [-0.2, 0) is 19.8 Å². The Hall–Kier alpha value is -2.06. The van der Waals surface area contributed by atoms with Gasteiger partial charge < -0.3 is 14.0 Å². The fourth-order valence-corrected chi connectivity index (χ4v) is 1.50. The third-order valence-electron chi connectivity index (χ3n) is 1.80. The topological polar surface area (TPSA) is 116 Å². The molecule has 1 rings (SSSR count). The number of aromatic hydroxyl groups is 1. The van der Waals surface area contributed by atoms with Crippen molar-refractivity contribution in [1.29, 1.82) is 0 Å². The maximum absolute atomic E-state index is 10.9. The van der Waals surface area contributed by atoms with Crippen molar-refractivity contribution in [1.82, 2.24) is 0 Å². The highest BCUT2D eigenvalue weighted by molar-refractivity contribution is 7.84. The molecule has 1 aromatic rings. The van der Waals surface area contributed by atoms with Crippen LogP contribution in [0.15, 0.2) is 24.3 Å². The molecular weight excluding hydrogens is 262 g/mol. The standard InChI is InChI=1S/C10H11NO6S/c1-16-10(13)5-2-7-6-8(12)3-4-9(7)17-18(11,14)15/h2-6,12H,1H3,(H2,11,14,15)/b5-2+. The van der Waals surface area contributed by atoms with Gasteiger partial charge in [0.2, 0.25) is 0 Å². The lowest BCUT2D eigenvalue weighted by molar-refractivity contribution is -0.134. The first-order valence-electron chi connectivity index (χ1n) is 4.63. The molecule has 0 amide bonds. The molecule has 0 aliphatic rings. The molecule has 3 N–H and O–H groups in total.